The minimum atomic E-state index is -4.27. The van der Waals surface area contributed by atoms with E-state index < -0.39 is 11.7 Å². The van der Waals surface area contributed by atoms with Gasteiger partial charge < -0.3 is 10.2 Å². The van der Waals surface area contributed by atoms with E-state index in [1.165, 1.54) is 12.1 Å². The van der Waals surface area contributed by atoms with E-state index in [4.69, 9.17) is 0 Å². The third kappa shape index (κ3) is 2.32. The van der Waals surface area contributed by atoms with Crippen molar-refractivity contribution in [3.8, 4) is 0 Å². The quantitative estimate of drug-likeness (QED) is 0.896. The Hall–Kier alpha value is -1.23. The molecule has 1 N–H and O–H groups in total. The van der Waals surface area contributed by atoms with E-state index in [2.05, 4.69) is 5.32 Å². The zero-order chi connectivity index (χ0) is 13.3. The fraction of sp³-hybridized carbons (Fsp3) is 0.538. The molecule has 0 radical (unpaired) electrons. The SMILES string of the molecule is CCN1c2cc(C(F)(F)F)ccc2CC1CNC. The van der Waals surface area contributed by atoms with Gasteiger partial charge in [-0.25, -0.2) is 0 Å². The number of hydrogen-bond donors (Lipinski definition) is 1. The second kappa shape index (κ2) is 4.80. The highest BCUT2D eigenvalue weighted by Gasteiger charge is 2.34. The molecule has 0 spiro atoms. The van der Waals surface area contributed by atoms with Crippen LogP contribution in [0.4, 0.5) is 18.9 Å². The lowest BCUT2D eigenvalue weighted by molar-refractivity contribution is -0.137. The zero-order valence-electron chi connectivity index (χ0n) is 10.5. The van der Waals surface area contributed by atoms with E-state index >= 15 is 0 Å². The van der Waals surface area contributed by atoms with Crippen molar-refractivity contribution in [2.24, 2.45) is 0 Å². The monoisotopic (exact) mass is 258 g/mol. The van der Waals surface area contributed by atoms with Gasteiger partial charge in [-0.3, -0.25) is 0 Å². The Bertz CT molecular complexity index is 429. The summed E-state index contributed by atoms with van der Waals surface area (Å²) >= 11 is 0. The molecule has 0 aliphatic carbocycles. The summed E-state index contributed by atoms with van der Waals surface area (Å²) < 4.78 is 38.1. The first kappa shape index (κ1) is 13.2. The van der Waals surface area contributed by atoms with Crippen LogP contribution in [0.2, 0.25) is 0 Å². The van der Waals surface area contributed by atoms with Crippen LogP contribution in [-0.2, 0) is 12.6 Å². The smallest absolute Gasteiger partial charge is 0.367 e. The third-order valence-electron chi connectivity index (χ3n) is 3.40. The molecule has 0 aromatic heterocycles. The lowest BCUT2D eigenvalue weighted by Gasteiger charge is -2.26. The van der Waals surface area contributed by atoms with Gasteiger partial charge >= 0.3 is 6.18 Å². The van der Waals surface area contributed by atoms with E-state index in [1.807, 2.05) is 18.9 Å². The molecule has 2 nitrogen and oxygen atoms in total. The van der Waals surface area contributed by atoms with Crippen LogP contribution in [0.1, 0.15) is 18.1 Å². The van der Waals surface area contributed by atoms with Crippen LogP contribution in [0, 0.1) is 0 Å². The molecular formula is C13H17F3N2. The summed E-state index contributed by atoms with van der Waals surface area (Å²) in [4.78, 5) is 2.04. The van der Waals surface area contributed by atoms with Gasteiger partial charge in [0.2, 0.25) is 0 Å². The fourth-order valence-electron chi connectivity index (χ4n) is 2.59. The van der Waals surface area contributed by atoms with Crippen molar-refractivity contribution in [3.05, 3.63) is 29.3 Å². The van der Waals surface area contributed by atoms with E-state index in [0.29, 0.717) is 0 Å². The molecule has 0 bridgehead atoms. The van der Waals surface area contributed by atoms with E-state index in [-0.39, 0.29) is 6.04 Å². The van der Waals surface area contributed by atoms with Crippen LogP contribution >= 0.6 is 0 Å². The minimum Gasteiger partial charge on any atom is -0.367 e. The maximum atomic E-state index is 12.7. The summed E-state index contributed by atoms with van der Waals surface area (Å²) in [6.07, 6.45) is -3.46. The topological polar surface area (TPSA) is 15.3 Å². The molecule has 1 aromatic carbocycles. The van der Waals surface area contributed by atoms with Crippen LogP contribution < -0.4 is 10.2 Å². The lowest BCUT2D eigenvalue weighted by atomic mass is 10.1. The minimum absolute atomic E-state index is 0.249. The first-order valence-corrected chi connectivity index (χ1v) is 6.08. The van der Waals surface area contributed by atoms with Gasteiger partial charge in [-0.05, 0) is 38.1 Å². The Balaban J connectivity index is 2.34. The summed E-state index contributed by atoms with van der Waals surface area (Å²) in [5, 5.41) is 3.09. The molecule has 5 heteroatoms. The molecule has 1 unspecified atom stereocenters. The van der Waals surface area contributed by atoms with E-state index in [1.54, 1.807) is 6.07 Å². The highest BCUT2D eigenvalue weighted by Crippen LogP contribution is 2.37. The maximum absolute atomic E-state index is 12.7. The second-order valence-electron chi connectivity index (χ2n) is 4.54. The van der Waals surface area contributed by atoms with Crippen molar-refractivity contribution < 1.29 is 13.2 Å². The molecule has 1 aliphatic rings. The number of benzene rings is 1. The number of fused-ring (bicyclic) bond motifs is 1. The van der Waals surface area contributed by atoms with Crippen molar-refractivity contribution in [2.75, 3.05) is 25.0 Å². The predicted molar refractivity (Wildman–Crippen MR) is 65.9 cm³/mol. The molecule has 18 heavy (non-hydrogen) atoms. The number of hydrogen-bond acceptors (Lipinski definition) is 2. The molecule has 1 heterocycles. The van der Waals surface area contributed by atoms with Crippen molar-refractivity contribution in [3.63, 3.8) is 0 Å². The number of alkyl halides is 3. The van der Waals surface area contributed by atoms with Crippen LogP contribution in [0.3, 0.4) is 0 Å². The molecular weight excluding hydrogens is 241 g/mol. The molecule has 0 saturated carbocycles. The number of nitrogens with zero attached hydrogens (tertiary/aromatic N) is 1. The van der Waals surface area contributed by atoms with Crippen molar-refractivity contribution in [1.29, 1.82) is 0 Å². The van der Waals surface area contributed by atoms with Gasteiger partial charge in [0.05, 0.1) is 5.56 Å². The number of anilines is 1. The third-order valence-corrected chi connectivity index (χ3v) is 3.40. The zero-order valence-corrected chi connectivity index (χ0v) is 10.5. The standard InChI is InChI=1S/C13H17F3N2/c1-3-18-11(8-17-2)6-9-4-5-10(7-12(9)18)13(14,15)16/h4-5,7,11,17H,3,6,8H2,1-2H3. The van der Waals surface area contributed by atoms with Crippen LogP contribution in [0.5, 0.6) is 0 Å². The van der Waals surface area contributed by atoms with Crippen LogP contribution in [-0.4, -0.2) is 26.2 Å². The number of nitrogens with one attached hydrogen (secondary N) is 1. The highest BCUT2D eigenvalue weighted by molar-refractivity contribution is 5.61. The molecule has 1 aliphatic heterocycles. The van der Waals surface area contributed by atoms with Crippen LogP contribution in [0.25, 0.3) is 0 Å². The second-order valence-corrected chi connectivity index (χ2v) is 4.54. The average molecular weight is 258 g/mol. The molecule has 100 valence electrons. The highest BCUT2D eigenvalue weighted by atomic mass is 19.4. The summed E-state index contributed by atoms with van der Waals surface area (Å²) in [6.45, 7) is 3.47. The molecule has 0 amide bonds. The van der Waals surface area contributed by atoms with Gasteiger partial charge in [0.25, 0.3) is 0 Å². The van der Waals surface area contributed by atoms with Gasteiger partial charge in [0, 0.05) is 24.8 Å². The van der Waals surface area contributed by atoms with Gasteiger partial charge in [-0.1, -0.05) is 6.07 Å². The molecule has 1 aromatic rings. The van der Waals surface area contributed by atoms with Crippen molar-refractivity contribution in [2.45, 2.75) is 25.6 Å². The van der Waals surface area contributed by atoms with Crippen LogP contribution in [0.15, 0.2) is 18.2 Å². The first-order chi connectivity index (χ1) is 8.47. The fourth-order valence-corrected chi connectivity index (χ4v) is 2.59. The van der Waals surface area contributed by atoms with E-state index in [0.717, 1.165) is 30.8 Å². The Morgan fingerprint density at radius 2 is 2.11 bits per heavy atom. The lowest BCUT2D eigenvalue weighted by Crippen LogP contribution is -2.39. The molecule has 1 atom stereocenters. The predicted octanol–water partition coefficient (Wildman–Crippen LogP) is 2.68. The number of halogens is 3. The normalized spacial score (nSPS) is 19.2. The summed E-state index contributed by atoms with van der Waals surface area (Å²) in [7, 11) is 1.86. The van der Waals surface area contributed by atoms with Crippen molar-refractivity contribution >= 4 is 5.69 Å². The van der Waals surface area contributed by atoms with Gasteiger partial charge in [0.15, 0.2) is 0 Å². The maximum Gasteiger partial charge on any atom is 0.416 e. The Morgan fingerprint density at radius 1 is 1.39 bits per heavy atom. The van der Waals surface area contributed by atoms with Gasteiger partial charge in [-0.15, -0.1) is 0 Å². The van der Waals surface area contributed by atoms with E-state index in [9.17, 15) is 13.2 Å². The number of rotatable bonds is 3. The Labute approximate surface area is 105 Å². The van der Waals surface area contributed by atoms with Crippen molar-refractivity contribution in [1.82, 2.24) is 5.32 Å². The molecule has 0 fully saturated rings. The van der Waals surface area contributed by atoms with Gasteiger partial charge in [0.1, 0.15) is 0 Å². The Kier molecular flexibility index (Phi) is 3.52. The number of likely N-dealkylation sites (N-methyl/N-ethyl adjacent to an activating group) is 2. The Morgan fingerprint density at radius 3 is 2.67 bits per heavy atom. The summed E-state index contributed by atoms with van der Waals surface area (Å²) in [5.74, 6) is 0. The average Bonchev–Trinajstić information content (AvgIpc) is 2.64. The molecule has 0 saturated heterocycles. The first-order valence-electron chi connectivity index (χ1n) is 6.08. The largest absolute Gasteiger partial charge is 0.416 e. The van der Waals surface area contributed by atoms with Gasteiger partial charge in [-0.2, -0.15) is 13.2 Å². The summed E-state index contributed by atoms with van der Waals surface area (Å²) in [5.41, 5.74) is 1.17. The summed E-state index contributed by atoms with van der Waals surface area (Å²) in [6, 6.07) is 4.30. The molecule has 2 rings (SSSR count).